The molecule has 4 rings (SSSR count). The third-order valence-corrected chi connectivity index (χ3v) is 6.58. The fourth-order valence-corrected chi connectivity index (χ4v) is 5.10. The number of aromatic nitrogens is 1. The fourth-order valence-electron chi connectivity index (χ4n) is 3.14. The minimum absolute atomic E-state index is 0.121. The van der Waals surface area contributed by atoms with Crippen molar-refractivity contribution in [1.82, 2.24) is 4.98 Å². The molecule has 0 fully saturated rings. The lowest BCUT2D eigenvalue weighted by Crippen LogP contribution is -2.17. The van der Waals surface area contributed by atoms with Crippen LogP contribution in [0.4, 0.5) is 10.8 Å². The van der Waals surface area contributed by atoms with Crippen LogP contribution in [0.1, 0.15) is 25.0 Å². The van der Waals surface area contributed by atoms with Gasteiger partial charge in [0, 0.05) is 12.2 Å². The molecule has 0 radical (unpaired) electrons. The van der Waals surface area contributed by atoms with Crippen molar-refractivity contribution in [3.8, 4) is 0 Å². The molecule has 1 aliphatic heterocycles. The quantitative estimate of drug-likeness (QED) is 0.560. The predicted molar refractivity (Wildman–Crippen MR) is 125 cm³/mol. The van der Waals surface area contributed by atoms with Crippen molar-refractivity contribution >= 4 is 54.4 Å². The smallest absolute Gasteiger partial charge is 0.221 e. The van der Waals surface area contributed by atoms with Gasteiger partial charge in [0.2, 0.25) is 5.12 Å². The number of nitrogens with zero attached hydrogens (tertiary/aromatic N) is 2. The molecule has 0 unspecified atom stereocenters. The topological polar surface area (TPSA) is 66.4 Å². The number of fused-ring (bicyclic) bond motifs is 1. The summed E-state index contributed by atoms with van der Waals surface area (Å²) in [5.74, 6) is 0.226. The normalized spacial score (nSPS) is 16.5. The molecule has 1 aliphatic rings. The van der Waals surface area contributed by atoms with Gasteiger partial charge in [0.1, 0.15) is 6.04 Å². The first-order chi connectivity index (χ1) is 14.0. The Bertz CT molecular complexity index is 1060. The molecule has 1 aromatic heterocycles. The number of thioether (sulfide) groups is 1. The molecule has 0 saturated heterocycles. The van der Waals surface area contributed by atoms with Gasteiger partial charge >= 0.3 is 0 Å². The van der Waals surface area contributed by atoms with Crippen LogP contribution >= 0.6 is 23.1 Å². The number of rotatable bonds is 6. The van der Waals surface area contributed by atoms with Gasteiger partial charge in [0.05, 0.1) is 10.2 Å². The van der Waals surface area contributed by atoms with Crippen molar-refractivity contribution in [3.63, 3.8) is 0 Å². The molecule has 0 aliphatic carbocycles. The van der Waals surface area contributed by atoms with Crippen LogP contribution < -0.4 is 10.6 Å². The summed E-state index contributed by atoms with van der Waals surface area (Å²) in [5.41, 5.74) is 4.50. The number of benzene rings is 2. The largest absolute Gasteiger partial charge is 0.361 e. The Labute approximate surface area is 179 Å². The number of aliphatic imine (C=N–C) groups is 1. The second kappa shape index (κ2) is 8.55. The number of amidine groups is 1. The molecule has 2 aromatic carbocycles. The van der Waals surface area contributed by atoms with Crippen LogP contribution in [0, 0.1) is 12.8 Å². The zero-order valence-corrected chi connectivity index (χ0v) is 18.4. The van der Waals surface area contributed by atoms with Crippen molar-refractivity contribution in [3.05, 3.63) is 53.6 Å². The molecule has 0 spiro atoms. The number of thiazole rings is 1. The van der Waals surface area contributed by atoms with Crippen LogP contribution in [0.3, 0.4) is 0 Å². The van der Waals surface area contributed by atoms with Crippen LogP contribution in [0.5, 0.6) is 0 Å². The summed E-state index contributed by atoms with van der Waals surface area (Å²) in [6.07, 6.45) is 0.916. The second-order valence-electron chi connectivity index (χ2n) is 7.53. The van der Waals surface area contributed by atoms with Gasteiger partial charge in [-0.05, 0) is 66.4 Å². The monoisotopic (exact) mass is 424 g/mol. The Balaban J connectivity index is 1.30. The number of carbonyl (C=O) groups is 1. The van der Waals surface area contributed by atoms with Gasteiger partial charge in [-0.1, -0.05) is 43.4 Å². The van der Waals surface area contributed by atoms with Crippen molar-refractivity contribution in [2.75, 3.05) is 17.2 Å². The lowest BCUT2D eigenvalue weighted by atomic mass is 10.1. The summed E-state index contributed by atoms with van der Waals surface area (Å²) < 4.78 is 1.22. The van der Waals surface area contributed by atoms with E-state index >= 15 is 0 Å². The van der Waals surface area contributed by atoms with Crippen molar-refractivity contribution in [2.24, 2.45) is 10.9 Å². The zero-order chi connectivity index (χ0) is 20.4. The second-order valence-corrected chi connectivity index (χ2v) is 9.56. The van der Waals surface area contributed by atoms with Gasteiger partial charge in [-0.3, -0.25) is 4.79 Å². The van der Waals surface area contributed by atoms with E-state index < -0.39 is 0 Å². The average molecular weight is 425 g/mol. The van der Waals surface area contributed by atoms with Gasteiger partial charge < -0.3 is 10.6 Å². The summed E-state index contributed by atoms with van der Waals surface area (Å²) in [5, 5.41) is 8.45. The van der Waals surface area contributed by atoms with Crippen LogP contribution in [0.2, 0.25) is 0 Å². The number of hydrogen-bond donors (Lipinski definition) is 2. The molecule has 2 N–H and O–H groups in total. The van der Waals surface area contributed by atoms with E-state index in [4.69, 9.17) is 0 Å². The maximum absolute atomic E-state index is 12.0. The number of anilines is 2. The first-order valence-electron chi connectivity index (χ1n) is 9.74. The molecule has 0 amide bonds. The van der Waals surface area contributed by atoms with Crippen LogP contribution in [0.25, 0.3) is 10.2 Å². The van der Waals surface area contributed by atoms with E-state index in [0.29, 0.717) is 5.17 Å². The lowest BCUT2D eigenvalue weighted by molar-refractivity contribution is -0.112. The minimum atomic E-state index is -0.237. The van der Waals surface area contributed by atoms with E-state index in [1.807, 2.05) is 26.0 Å². The van der Waals surface area contributed by atoms with E-state index in [0.717, 1.165) is 29.3 Å². The highest BCUT2D eigenvalue weighted by atomic mass is 32.2. The Hall–Kier alpha value is -2.38. The van der Waals surface area contributed by atoms with E-state index in [2.05, 4.69) is 57.9 Å². The number of carbonyl (C=O) groups excluding carboxylic acids is 1. The van der Waals surface area contributed by atoms with Gasteiger partial charge in [0.15, 0.2) is 10.3 Å². The van der Waals surface area contributed by atoms with Gasteiger partial charge in [-0.2, -0.15) is 0 Å². The van der Waals surface area contributed by atoms with Gasteiger partial charge in [0.25, 0.3) is 0 Å². The molecule has 0 bridgehead atoms. The van der Waals surface area contributed by atoms with Crippen molar-refractivity contribution < 1.29 is 4.79 Å². The van der Waals surface area contributed by atoms with E-state index in [1.165, 1.54) is 27.6 Å². The minimum Gasteiger partial charge on any atom is -0.361 e. The molecule has 5 nitrogen and oxygen atoms in total. The predicted octanol–water partition coefficient (Wildman–Crippen LogP) is 5.33. The highest BCUT2D eigenvalue weighted by Crippen LogP contribution is 2.27. The van der Waals surface area contributed by atoms with Gasteiger partial charge in [-0.25, -0.2) is 9.98 Å². The van der Waals surface area contributed by atoms with E-state index in [-0.39, 0.29) is 17.1 Å². The third-order valence-electron chi connectivity index (χ3n) is 4.77. The van der Waals surface area contributed by atoms with Crippen LogP contribution in [0.15, 0.2) is 47.5 Å². The van der Waals surface area contributed by atoms with Crippen molar-refractivity contribution in [1.29, 1.82) is 0 Å². The Morgan fingerprint density at radius 2 is 1.93 bits per heavy atom. The lowest BCUT2D eigenvalue weighted by Gasteiger charge is -2.07. The first-order valence-corrected chi connectivity index (χ1v) is 11.4. The average Bonchev–Trinajstić information content (AvgIpc) is 3.25. The number of nitrogens with one attached hydrogen (secondary N) is 2. The number of aryl methyl sites for hydroxylation is 1. The molecule has 150 valence electrons. The summed E-state index contributed by atoms with van der Waals surface area (Å²) in [4.78, 5) is 21.1. The molecule has 1 atom stereocenters. The summed E-state index contributed by atoms with van der Waals surface area (Å²) >= 11 is 2.89. The SMILES string of the molecule is Cc1ccc2nc(NCCc3ccc(NC4=N[C@@H](C(C)C)C(=O)S4)cc3)sc2c1. The molecule has 0 saturated carbocycles. The highest BCUT2D eigenvalue weighted by Gasteiger charge is 2.30. The highest BCUT2D eigenvalue weighted by molar-refractivity contribution is 8.27. The van der Waals surface area contributed by atoms with Crippen molar-refractivity contribution in [2.45, 2.75) is 33.2 Å². The Kier molecular flexibility index (Phi) is 5.87. The molecular weight excluding hydrogens is 400 g/mol. The molecule has 7 heteroatoms. The molecule has 3 aromatic rings. The maximum Gasteiger partial charge on any atom is 0.221 e. The third kappa shape index (κ3) is 4.79. The Morgan fingerprint density at radius 3 is 2.66 bits per heavy atom. The first kappa shape index (κ1) is 19.9. The maximum atomic E-state index is 12.0. The molecular formula is C22H24N4OS2. The zero-order valence-electron chi connectivity index (χ0n) is 16.7. The van der Waals surface area contributed by atoms with E-state index in [9.17, 15) is 4.79 Å². The Morgan fingerprint density at radius 1 is 1.14 bits per heavy atom. The fraction of sp³-hybridized carbons (Fsp3) is 0.318. The van der Waals surface area contributed by atoms with E-state index in [1.54, 1.807) is 11.3 Å². The van der Waals surface area contributed by atoms with Gasteiger partial charge in [-0.15, -0.1) is 0 Å². The number of hydrogen-bond acceptors (Lipinski definition) is 7. The molecule has 2 heterocycles. The summed E-state index contributed by atoms with van der Waals surface area (Å²) in [6.45, 7) is 6.98. The summed E-state index contributed by atoms with van der Waals surface area (Å²) in [7, 11) is 0. The summed E-state index contributed by atoms with van der Waals surface area (Å²) in [6, 6.07) is 14.4. The standard InChI is InChI=1S/C22H24N4OS2/c1-13(2)19-20(27)29-22(26-19)24-16-7-5-15(6-8-16)10-11-23-21-25-17-9-4-14(3)12-18(17)28-21/h4-9,12-13,19H,10-11H2,1-3H3,(H,23,25)(H,24,26)/t19-/m0/s1. The molecule has 29 heavy (non-hydrogen) atoms. The van der Waals surface area contributed by atoms with Crippen LogP contribution in [-0.4, -0.2) is 27.9 Å². The van der Waals surface area contributed by atoms with Crippen LogP contribution in [-0.2, 0) is 11.2 Å².